The lowest BCUT2D eigenvalue weighted by Crippen LogP contribution is -2.42. The van der Waals surface area contributed by atoms with Crippen molar-refractivity contribution in [2.45, 2.75) is 26.4 Å². The van der Waals surface area contributed by atoms with E-state index in [2.05, 4.69) is 27.8 Å². The minimum atomic E-state index is 0.0932. The Hall–Kier alpha value is -0.870. The third kappa shape index (κ3) is 2.93. The van der Waals surface area contributed by atoms with E-state index in [1.165, 1.54) is 0 Å². The van der Waals surface area contributed by atoms with Gasteiger partial charge in [-0.1, -0.05) is 6.92 Å². The van der Waals surface area contributed by atoms with Gasteiger partial charge in [-0.15, -0.1) is 0 Å². The second kappa shape index (κ2) is 5.85. The lowest BCUT2D eigenvalue weighted by molar-refractivity contribution is 0.0384. The summed E-state index contributed by atoms with van der Waals surface area (Å²) in [5.41, 5.74) is 1.88. The first kappa shape index (κ1) is 13.6. The molecule has 2 rings (SSSR count). The fourth-order valence-electron chi connectivity index (χ4n) is 2.17. The van der Waals surface area contributed by atoms with Crippen molar-refractivity contribution < 1.29 is 9.53 Å². The summed E-state index contributed by atoms with van der Waals surface area (Å²) in [5.74, 6) is 0.0932. The molecule has 0 spiro atoms. The number of hydrogen-bond donors (Lipinski definition) is 0. The number of carbonyl (C=O) groups is 1. The van der Waals surface area contributed by atoms with Crippen LogP contribution in [0.15, 0.2) is 22.7 Å². The average molecular weight is 312 g/mol. The molecule has 0 N–H and O–H groups in total. The molecular formula is C14H18BrNO2. The fraction of sp³-hybridized carbons (Fsp3) is 0.500. The number of rotatable bonds is 3. The molecule has 0 amide bonds. The molecule has 1 aliphatic heterocycles. The van der Waals surface area contributed by atoms with Crippen molar-refractivity contribution in [2.24, 2.45) is 0 Å². The number of ketones is 1. The number of carbonyl (C=O) groups excluding carboxylic acids is 1. The largest absolute Gasteiger partial charge is 0.375 e. The highest BCUT2D eigenvalue weighted by molar-refractivity contribution is 9.10. The van der Waals surface area contributed by atoms with Crippen molar-refractivity contribution in [1.29, 1.82) is 0 Å². The Morgan fingerprint density at radius 2 is 2.33 bits per heavy atom. The highest BCUT2D eigenvalue weighted by atomic mass is 79.9. The van der Waals surface area contributed by atoms with Gasteiger partial charge in [-0.25, -0.2) is 0 Å². The van der Waals surface area contributed by atoms with Gasteiger partial charge in [0, 0.05) is 23.1 Å². The second-order valence-corrected chi connectivity index (χ2v) is 5.42. The van der Waals surface area contributed by atoms with Gasteiger partial charge in [-0.3, -0.25) is 4.79 Å². The molecule has 1 atom stereocenters. The fourth-order valence-corrected chi connectivity index (χ4v) is 2.80. The van der Waals surface area contributed by atoms with E-state index < -0.39 is 0 Å². The minimum absolute atomic E-state index is 0.0932. The molecule has 0 aromatic heterocycles. The van der Waals surface area contributed by atoms with Gasteiger partial charge in [-0.05, 0) is 47.5 Å². The Morgan fingerprint density at radius 3 is 2.94 bits per heavy atom. The maximum absolute atomic E-state index is 11.3. The SMILES string of the molecule is CCC1CN(c2ccc(C(C)=O)cc2Br)CCO1. The van der Waals surface area contributed by atoms with Crippen molar-refractivity contribution in [3.63, 3.8) is 0 Å². The number of Topliss-reactive ketones (excluding diaryl/α,β-unsaturated/α-hetero) is 1. The van der Waals surface area contributed by atoms with E-state index in [-0.39, 0.29) is 5.78 Å². The van der Waals surface area contributed by atoms with Crippen molar-refractivity contribution in [3.05, 3.63) is 28.2 Å². The van der Waals surface area contributed by atoms with E-state index in [0.717, 1.165) is 41.8 Å². The van der Waals surface area contributed by atoms with Crippen LogP contribution in [0.4, 0.5) is 5.69 Å². The number of ether oxygens (including phenoxy) is 1. The molecule has 18 heavy (non-hydrogen) atoms. The van der Waals surface area contributed by atoms with Crippen LogP contribution in [0.2, 0.25) is 0 Å². The van der Waals surface area contributed by atoms with Gasteiger partial charge in [0.25, 0.3) is 0 Å². The maximum Gasteiger partial charge on any atom is 0.159 e. The number of morpholine rings is 1. The van der Waals surface area contributed by atoms with Crippen LogP contribution in [-0.2, 0) is 4.74 Å². The summed E-state index contributed by atoms with van der Waals surface area (Å²) in [6.45, 7) is 6.30. The van der Waals surface area contributed by atoms with Crippen LogP contribution in [0.1, 0.15) is 30.6 Å². The van der Waals surface area contributed by atoms with Crippen LogP contribution in [0.5, 0.6) is 0 Å². The number of nitrogens with zero attached hydrogens (tertiary/aromatic N) is 1. The number of anilines is 1. The third-order valence-electron chi connectivity index (χ3n) is 3.29. The summed E-state index contributed by atoms with van der Waals surface area (Å²) in [7, 11) is 0. The minimum Gasteiger partial charge on any atom is -0.375 e. The van der Waals surface area contributed by atoms with Gasteiger partial charge in [0.05, 0.1) is 18.4 Å². The van der Waals surface area contributed by atoms with Crippen LogP contribution in [0.3, 0.4) is 0 Å². The number of halogens is 1. The molecular weight excluding hydrogens is 294 g/mol. The van der Waals surface area contributed by atoms with Crippen LogP contribution in [0, 0.1) is 0 Å². The summed E-state index contributed by atoms with van der Waals surface area (Å²) in [6, 6.07) is 5.80. The van der Waals surface area contributed by atoms with Crippen molar-refractivity contribution in [1.82, 2.24) is 0 Å². The maximum atomic E-state index is 11.3. The van der Waals surface area contributed by atoms with Crippen molar-refractivity contribution >= 4 is 27.4 Å². The Labute approximate surface area is 116 Å². The van der Waals surface area contributed by atoms with E-state index in [0.29, 0.717) is 6.10 Å². The zero-order valence-corrected chi connectivity index (χ0v) is 12.4. The first-order chi connectivity index (χ1) is 8.61. The van der Waals surface area contributed by atoms with E-state index in [1.54, 1.807) is 6.92 Å². The zero-order valence-electron chi connectivity index (χ0n) is 10.8. The van der Waals surface area contributed by atoms with E-state index in [1.807, 2.05) is 18.2 Å². The normalized spacial score (nSPS) is 19.9. The predicted octanol–water partition coefficient (Wildman–Crippen LogP) is 3.27. The summed E-state index contributed by atoms with van der Waals surface area (Å²) >= 11 is 3.56. The van der Waals surface area contributed by atoms with Crippen molar-refractivity contribution in [2.75, 3.05) is 24.6 Å². The van der Waals surface area contributed by atoms with E-state index in [4.69, 9.17) is 4.74 Å². The standard InChI is InChI=1S/C14H18BrNO2/c1-3-12-9-16(6-7-18-12)14-5-4-11(10(2)17)8-13(14)15/h4-5,8,12H,3,6-7,9H2,1-2H3. The van der Waals surface area contributed by atoms with Gasteiger partial charge in [0.1, 0.15) is 0 Å². The van der Waals surface area contributed by atoms with Gasteiger partial charge >= 0.3 is 0 Å². The molecule has 1 aromatic carbocycles. The Balaban J connectivity index is 2.20. The molecule has 0 aliphatic carbocycles. The summed E-state index contributed by atoms with van der Waals surface area (Å²) in [4.78, 5) is 13.6. The topological polar surface area (TPSA) is 29.5 Å². The number of hydrogen-bond acceptors (Lipinski definition) is 3. The molecule has 1 heterocycles. The van der Waals surface area contributed by atoms with Crippen molar-refractivity contribution in [3.8, 4) is 0 Å². The lowest BCUT2D eigenvalue weighted by atomic mass is 10.1. The smallest absolute Gasteiger partial charge is 0.159 e. The van der Waals surface area contributed by atoms with Gasteiger partial charge in [0.2, 0.25) is 0 Å². The average Bonchev–Trinajstić information content (AvgIpc) is 2.38. The lowest BCUT2D eigenvalue weighted by Gasteiger charge is -2.34. The molecule has 98 valence electrons. The van der Waals surface area contributed by atoms with Gasteiger partial charge in [0.15, 0.2) is 5.78 Å². The summed E-state index contributed by atoms with van der Waals surface area (Å²) in [6.07, 6.45) is 1.33. The molecule has 0 bridgehead atoms. The monoisotopic (exact) mass is 311 g/mol. The Kier molecular flexibility index (Phi) is 4.40. The van der Waals surface area contributed by atoms with E-state index in [9.17, 15) is 4.79 Å². The highest BCUT2D eigenvalue weighted by Gasteiger charge is 2.20. The highest BCUT2D eigenvalue weighted by Crippen LogP contribution is 2.29. The van der Waals surface area contributed by atoms with Crippen LogP contribution in [0.25, 0.3) is 0 Å². The molecule has 0 saturated carbocycles. The molecule has 1 unspecified atom stereocenters. The summed E-state index contributed by atoms with van der Waals surface area (Å²) < 4.78 is 6.65. The predicted molar refractivity (Wildman–Crippen MR) is 76.4 cm³/mol. The Morgan fingerprint density at radius 1 is 1.56 bits per heavy atom. The molecule has 1 aliphatic rings. The molecule has 1 aromatic rings. The summed E-state index contributed by atoms with van der Waals surface area (Å²) in [5, 5.41) is 0. The zero-order chi connectivity index (χ0) is 13.1. The van der Waals surface area contributed by atoms with Gasteiger partial charge in [-0.2, -0.15) is 0 Å². The second-order valence-electron chi connectivity index (χ2n) is 4.57. The van der Waals surface area contributed by atoms with Gasteiger partial charge < -0.3 is 9.64 Å². The van der Waals surface area contributed by atoms with Crippen LogP contribution in [-0.4, -0.2) is 31.6 Å². The quantitative estimate of drug-likeness (QED) is 0.802. The molecule has 1 fully saturated rings. The van der Waals surface area contributed by atoms with Crippen LogP contribution < -0.4 is 4.90 Å². The van der Waals surface area contributed by atoms with Crippen LogP contribution >= 0.6 is 15.9 Å². The molecule has 4 heteroatoms. The first-order valence-electron chi connectivity index (χ1n) is 6.29. The molecule has 0 radical (unpaired) electrons. The van der Waals surface area contributed by atoms with E-state index >= 15 is 0 Å². The Bertz CT molecular complexity index is 447. The first-order valence-corrected chi connectivity index (χ1v) is 7.08. The molecule has 1 saturated heterocycles. The molecule has 3 nitrogen and oxygen atoms in total. The number of benzene rings is 1. The third-order valence-corrected chi connectivity index (χ3v) is 3.92.